The molecule has 4 heteroatoms. The highest BCUT2D eigenvalue weighted by molar-refractivity contribution is 5.73. The van der Waals surface area contributed by atoms with Crippen LogP contribution in [0.5, 0.6) is 5.75 Å². The molecule has 0 amide bonds. The van der Waals surface area contributed by atoms with Crippen LogP contribution in [-0.2, 0) is 20.7 Å². The van der Waals surface area contributed by atoms with Crippen LogP contribution in [0.15, 0.2) is 24.3 Å². The molecule has 1 aromatic carbocycles. The minimum absolute atomic E-state index is 0.170. The van der Waals surface area contributed by atoms with E-state index < -0.39 is 0 Å². The third-order valence-corrected chi connectivity index (χ3v) is 3.85. The number of carbonyl (C=O) groups is 2. The number of unbranched alkanes of at least 4 members (excludes halogenated alkanes) is 4. The molecule has 1 aromatic rings. The number of esters is 2. The molecule has 24 heavy (non-hydrogen) atoms. The minimum atomic E-state index is -0.246. The maximum Gasteiger partial charge on any atom is 0.311 e. The molecular formula is C20H30O4. The fourth-order valence-electron chi connectivity index (χ4n) is 2.39. The standard InChI is InChI=1S/C20H30O4/c1-3-5-6-11-16-23-19(21)14-9-10-15-20(22)24-18-13-8-7-12-17(18)4-2/h7-8,12-13H,3-6,9-11,14-16H2,1-2H3. The number of ether oxygens (including phenoxy) is 2. The molecule has 0 unspecified atom stereocenters. The quantitative estimate of drug-likeness (QED) is 0.312. The van der Waals surface area contributed by atoms with E-state index in [4.69, 9.17) is 9.47 Å². The Kier molecular flexibility index (Phi) is 10.6. The Bertz CT molecular complexity index is 496. The lowest BCUT2D eigenvalue weighted by Gasteiger charge is -2.08. The first kappa shape index (κ1) is 20.2. The van der Waals surface area contributed by atoms with Gasteiger partial charge < -0.3 is 9.47 Å². The van der Waals surface area contributed by atoms with E-state index in [1.54, 1.807) is 0 Å². The zero-order valence-corrected chi connectivity index (χ0v) is 15.0. The Morgan fingerprint density at radius 1 is 0.875 bits per heavy atom. The summed E-state index contributed by atoms with van der Waals surface area (Å²) in [6.45, 7) is 4.69. The molecule has 0 aliphatic rings. The summed E-state index contributed by atoms with van der Waals surface area (Å²) in [5.41, 5.74) is 1.03. The Morgan fingerprint density at radius 2 is 1.58 bits per heavy atom. The summed E-state index contributed by atoms with van der Waals surface area (Å²) < 4.78 is 10.6. The SMILES string of the molecule is CCCCCCOC(=O)CCCCC(=O)Oc1ccccc1CC. The first-order valence-corrected chi connectivity index (χ1v) is 9.11. The van der Waals surface area contributed by atoms with Crippen molar-refractivity contribution in [3.05, 3.63) is 29.8 Å². The topological polar surface area (TPSA) is 52.6 Å². The zero-order valence-electron chi connectivity index (χ0n) is 15.0. The van der Waals surface area contributed by atoms with Crippen molar-refractivity contribution in [2.45, 2.75) is 71.6 Å². The van der Waals surface area contributed by atoms with Gasteiger partial charge >= 0.3 is 11.9 Å². The summed E-state index contributed by atoms with van der Waals surface area (Å²) in [5, 5.41) is 0. The smallest absolute Gasteiger partial charge is 0.311 e. The summed E-state index contributed by atoms with van der Waals surface area (Å²) in [6.07, 6.45) is 7.20. The average Bonchev–Trinajstić information content (AvgIpc) is 2.59. The fraction of sp³-hybridized carbons (Fsp3) is 0.600. The van der Waals surface area contributed by atoms with Crippen LogP contribution in [0.4, 0.5) is 0 Å². The second kappa shape index (κ2) is 12.6. The van der Waals surface area contributed by atoms with Gasteiger partial charge in [-0.1, -0.05) is 51.3 Å². The molecule has 4 nitrogen and oxygen atoms in total. The van der Waals surface area contributed by atoms with Gasteiger partial charge in [-0.25, -0.2) is 0 Å². The van der Waals surface area contributed by atoms with Crippen LogP contribution >= 0.6 is 0 Å². The molecule has 0 bridgehead atoms. The van der Waals surface area contributed by atoms with Gasteiger partial charge in [0.25, 0.3) is 0 Å². The van der Waals surface area contributed by atoms with E-state index in [1.165, 1.54) is 12.8 Å². The van der Waals surface area contributed by atoms with Gasteiger partial charge in [0.15, 0.2) is 0 Å². The molecule has 0 fully saturated rings. The van der Waals surface area contributed by atoms with Gasteiger partial charge in [0.2, 0.25) is 0 Å². The van der Waals surface area contributed by atoms with Gasteiger partial charge in [-0.15, -0.1) is 0 Å². The van der Waals surface area contributed by atoms with Crippen molar-refractivity contribution in [2.75, 3.05) is 6.61 Å². The summed E-state index contributed by atoms with van der Waals surface area (Å²) in [4.78, 5) is 23.4. The first-order chi connectivity index (χ1) is 11.7. The zero-order chi connectivity index (χ0) is 17.6. The van der Waals surface area contributed by atoms with E-state index in [2.05, 4.69) is 6.92 Å². The van der Waals surface area contributed by atoms with Crippen molar-refractivity contribution in [3.8, 4) is 5.75 Å². The van der Waals surface area contributed by atoms with Crippen LogP contribution in [0.3, 0.4) is 0 Å². The Hall–Kier alpha value is -1.84. The summed E-state index contributed by atoms with van der Waals surface area (Å²) >= 11 is 0. The molecule has 0 aliphatic carbocycles. The van der Waals surface area contributed by atoms with Crippen LogP contribution in [0.2, 0.25) is 0 Å². The van der Waals surface area contributed by atoms with E-state index in [1.807, 2.05) is 31.2 Å². The first-order valence-electron chi connectivity index (χ1n) is 9.11. The molecule has 0 N–H and O–H groups in total. The van der Waals surface area contributed by atoms with Gasteiger partial charge in [0.05, 0.1) is 6.61 Å². The highest BCUT2D eigenvalue weighted by atomic mass is 16.5. The summed E-state index contributed by atoms with van der Waals surface area (Å²) in [6, 6.07) is 7.56. The molecule has 0 aliphatic heterocycles. The van der Waals surface area contributed by atoms with Gasteiger partial charge in [-0.05, 0) is 37.3 Å². The van der Waals surface area contributed by atoms with Crippen LogP contribution in [0.1, 0.15) is 70.8 Å². The number of carbonyl (C=O) groups excluding carboxylic acids is 2. The number of hydrogen-bond acceptors (Lipinski definition) is 4. The maximum absolute atomic E-state index is 11.9. The number of rotatable bonds is 12. The monoisotopic (exact) mass is 334 g/mol. The highest BCUT2D eigenvalue weighted by Crippen LogP contribution is 2.19. The van der Waals surface area contributed by atoms with Gasteiger partial charge in [-0.2, -0.15) is 0 Å². The normalized spacial score (nSPS) is 10.4. The lowest BCUT2D eigenvalue weighted by molar-refractivity contribution is -0.144. The molecule has 1 rings (SSSR count). The molecule has 0 aromatic heterocycles. The highest BCUT2D eigenvalue weighted by Gasteiger charge is 2.09. The molecule has 0 saturated heterocycles. The largest absolute Gasteiger partial charge is 0.466 e. The summed E-state index contributed by atoms with van der Waals surface area (Å²) in [5.74, 6) is 0.219. The Morgan fingerprint density at radius 3 is 2.29 bits per heavy atom. The van der Waals surface area contributed by atoms with Crippen LogP contribution in [0, 0.1) is 0 Å². The number of benzene rings is 1. The number of aryl methyl sites for hydroxylation is 1. The molecule has 0 heterocycles. The van der Waals surface area contributed by atoms with E-state index in [-0.39, 0.29) is 11.9 Å². The van der Waals surface area contributed by atoms with Crippen LogP contribution in [0.25, 0.3) is 0 Å². The third kappa shape index (κ3) is 8.70. The summed E-state index contributed by atoms with van der Waals surface area (Å²) in [7, 11) is 0. The van der Waals surface area contributed by atoms with E-state index in [0.29, 0.717) is 38.0 Å². The van der Waals surface area contributed by atoms with Crippen molar-refractivity contribution < 1.29 is 19.1 Å². The van der Waals surface area contributed by atoms with Crippen molar-refractivity contribution in [3.63, 3.8) is 0 Å². The Labute approximate surface area is 145 Å². The van der Waals surface area contributed by atoms with Gasteiger partial charge in [0, 0.05) is 12.8 Å². The lowest BCUT2D eigenvalue weighted by Crippen LogP contribution is -2.10. The van der Waals surface area contributed by atoms with Crippen molar-refractivity contribution >= 4 is 11.9 Å². The third-order valence-electron chi connectivity index (χ3n) is 3.85. The fourth-order valence-corrected chi connectivity index (χ4v) is 2.39. The lowest BCUT2D eigenvalue weighted by atomic mass is 10.1. The molecule has 0 atom stereocenters. The van der Waals surface area contributed by atoms with Gasteiger partial charge in [-0.3, -0.25) is 9.59 Å². The van der Waals surface area contributed by atoms with E-state index >= 15 is 0 Å². The van der Waals surface area contributed by atoms with Crippen LogP contribution in [-0.4, -0.2) is 18.5 Å². The number of hydrogen-bond donors (Lipinski definition) is 0. The van der Waals surface area contributed by atoms with Crippen molar-refractivity contribution in [2.24, 2.45) is 0 Å². The number of para-hydroxylation sites is 1. The molecule has 134 valence electrons. The van der Waals surface area contributed by atoms with E-state index in [9.17, 15) is 9.59 Å². The predicted octanol–water partition coefficient (Wildman–Crippen LogP) is 4.84. The second-order valence-electron chi connectivity index (χ2n) is 5.92. The van der Waals surface area contributed by atoms with Crippen molar-refractivity contribution in [1.29, 1.82) is 0 Å². The second-order valence-corrected chi connectivity index (χ2v) is 5.92. The maximum atomic E-state index is 11.9. The Balaban J connectivity index is 2.12. The van der Waals surface area contributed by atoms with Crippen molar-refractivity contribution in [1.82, 2.24) is 0 Å². The minimum Gasteiger partial charge on any atom is -0.466 e. The molecule has 0 saturated carbocycles. The predicted molar refractivity (Wildman–Crippen MR) is 95.0 cm³/mol. The van der Waals surface area contributed by atoms with Crippen LogP contribution < -0.4 is 4.74 Å². The molecule has 0 spiro atoms. The average molecular weight is 334 g/mol. The molecular weight excluding hydrogens is 304 g/mol. The van der Waals surface area contributed by atoms with E-state index in [0.717, 1.165) is 24.8 Å². The molecule has 0 radical (unpaired) electrons. The van der Waals surface area contributed by atoms with Gasteiger partial charge in [0.1, 0.15) is 5.75 Å².